The summed E-state index contributed by atoms with van der Waals surface area (Å²) in [5.41, 5.74) is 0.184. The Labute approximate surface area is 269 Å². The lowest BCUT2D eigenvalue weighted by Gasteiger charge is -2.37. The summed E-state index contributed by atoms with van der Waals surface area (Å²) in [6.07, 6.45) is 4.16. The molecule has 1 spiro atoms. The molecular weight excluding hydrogens is 582 g/mol. The van der Waals surface area contributed by atoms with Crippen molar-refractivity contribution in [2.45, 2.75) is 43.9 Å². The summed E-state index contributed by atoms with van der Waals surface area (Å²) in [4.78, 5) is 48.4. The zero-order valence-corrected chi connectivity index (χ0v) is 26.2. The summed E-state index contributed by atoms with van der Waals surface area (Å²) in [6, 6.07) is 20.1. The van der Waals surface area contributed by atoms with E-state index < -0.39 is 29.6 Å². The SMILES string of the molecule is C=CCN(C(=O)C1N(CCCO)C(=O)[C@@H]2[C@H](C(=O)N(CC=C)c3ccc(OCC)cc3)[C@@H]3CCC12O3)c1ccc2ccccc2c1. The molecule has 3 fully saturated rings. The molecule has 3 aliphatic heterocycles. The first kappa shape index (κ1) is 31.5. The van der Waals surface area contributed by atoms with Crippen LogP contribution in [0, 0.1) is 11.8 Å². The normalized spacial score (nSPS) is 24.6. The molecule has 2 bridgehead atoms. The van der Waals surface area contributed by atoms with Crippen LogP contribution in [-0.2, 0) is 19.1 Å². The van der Waals surface area contributed by atoms with Crippen LogP contribution in [0.2, 0.25) is 0 Å². The highest BCUT2D eigenvalue weighted by Crippen LogP contribution is 2.59. The number of hydrogen-bond donors (Lipinski definition) is 1. The quantitative estimate of drug-likeness (QED) is 0.277. The number of carbonyl (C=O) groups excluding carboxylic acids is 3. The number of aliphatic hydroxyl groups is 1. The molecule has 3 aliphatic rings. The third-order valence-corrected chi connectivity index (χ3v) is 9.54. The van der Waals surface area contributed by atoms with Gasteiger partial charge in [-0.2, -0.15) is 0 Å². The van der Waals surface area contributed by atoms with Crippen molar-refractivity contribution in [2.24, 2.45) is 11.8 Å². The Bertz CT molecular complexity index is 1640. The topological polar surface area (TPSA) is 99.6 Å². The Morgan fingerprint density at radius 1 is 1.00 bits per heavy atom. The van der Waals surface area contributed by atoms with Crippen molar-refractivity contribution < 1.29 is 29.0 Å². The lowest BCUT2D eigenvalue weighted by atomic mass is 9.70. The van der Waals surface area contributed by atoms with Gasteiger partial charge in [0.1, 0.15) is 17.4 Å². The fourth-order valence-electron chi connectivity index (χ4n) is 7.66. The molecule has 46 heavy (non-hydrogen) atoms. The number of rotatable bonds is 13. The van der Waals surface area contributed by atoms with E-state index in [4.69, 9.17) is 9.47 Å². The third kappa shape index (κ3) is 5.27. The Morgan fingerprint density at radius 2 is 1.67 bits per heavy atom. The Balaban J connectivity index is 1.37. The molecule has 0 aromatic heterocycles. The van der Waals surface area contributed by atoms with E-state index in [1.165, 1.54) is 0 Å². The fraction of sp³-hybridized carbons (Fsp3) is 0.378. The third-order valence-electron chi connectivity index (χ3n) is 9.54. The minimum atomic E-state index is -1.16. The van der Waals surface area contributed by atoms with Gasteiger partial charge in [0.05, 0.1) is 24.5 Å². The average molecular weight is 624 g/mol. The summed E-state index contributed by atoms with van der Waals surface area (Å²) in [7, 11) is 0. The van der Waals surface area contributed by atoms with E-state index in [0.29, 0.717) is 43.0 Å². The van der Waals surface area contributed by atoms with Crippen LogP contribution >= 0.6 is 0 Å². The summed E-state index contributed by atoms with van der Waals surface area (Å²) >= 11 is 0. The van der Waals surface area contributed by atoms with Gasteiger partial charge in [0, 0.05) is 37.6 Å². The Kier molecular flexibility index (Phi) is 8.97. The van der Waals surface area contributed by atoms with E-state index in [0.717, 1.165) is 10.8 Å². The van der Waals surface area contributed by atoms with E-state index in [1.54, 1.807) is 26.9 Å². The van der Waals surface area contributed by atoms with Gasteiger partial charge in [-0.1, -0.05) is 42.5 Å². The molecule has 0 saturated carbocycles. The average Bonchev–Trinajstić information content (AvgIpc) is 3.72. The van der Waals surface area contributed by atoms with Gasteiger partial charge in [0.2, 0.25) is 11.8 Å². The molecule has 3 amide bonds. The largest absolute Gasteiger partial charge is 0.494 e. The maximum absolute atomic E-state index is 14.8. The summed E-state index contributed by atoms with van der Waals surface area (Å²) in [5.74, 6) is -1.70. The standard InChI is InChI=1S/C37H41N3O6/c1-4-20-38(27-14-16-29(17-15-27)45-6-3)34(42)31-30-18-19-37(46-30)32(31)35(43)40(22-9-23-41)33(37)36(44)39(21-5-2)28-13-12-25-10-7-8-11-26(25)24-28/h4-5,7-8,10-17,24,30-33,41H,1-2,6,9,18-23H2,3H3/t30-,31+,32-,33?,37?/m0/s1. The van der Waals surface area contributed by atoms with E-state index in [9.17, 15) is 19.5 Å². The minimum absolute atomic E-state index is 0.139. The van der Waals surface area contributed by atoms with Gasteiger partial charge in [-0.25, -0.2) is 0 Å². The number of nitrogens with zero attached hydrogens (tertiary/aromatic N) is 3. The van der Waals surface area contributed by atoms with Crippen LogP contribution in [0.15, 0.2) is 92.0 Å². The van der Waals surface area contributed by atoms with E-state index >= 15 is 0 Å². The maximum atomic E-state index is 14.8. The number of fused-ring (bicyclic) bond motifs is 2. The van der Waals surface area contributed by atoms with Crippen molar-refractivity contribution in [3.63, 3.8) is 0 Å². The van der Waals surface area contributed by atoms with Crippen LogP contribution < -0.4 is 14.5 Å². The highest BCUT2D eigenvalue weighted by Gasteiger charge is 2.75. The summed E-state index contributed by atoms with van der Waals surface area (Å²) in [5, 5.41) is 11.8. The smallest absolute Gasteiger partial charge is 0.253 e. The number of ether oxygens (including phenoxy) is 2. The van der Waals surface area contributed by atoms with E-state index in [1.807, 2.05) is 73.7 Å². The van der Waals surface area contributed by atoms with Gasteiger partial charge < -0.3 is 29.3 Å². The fourth-order valence-corrected chi connectivity index (χ4v) is 7.66. The molecule has 9 nitrogen and oxygen atoms in total. The predicted molar refractivity (Wildman–Crippen MR) is 178 cm³/mol. The van der Waals surface area contributed by atoms with Gasteiger partial charge in [-0.15, -0.1) is 13.2 Å². The molecule has 2 unspecified atom stereocenters. The first-order chi connectivity index (χ1) is 22.4. The Hall–Kier alpha value is -4.47. The molecule has 0 radical (unpaired) electrons. The summed E-state index contributed by atoms with van der Waals surface area (Å²) in [6.45, 7) is 10.7. The maximum Gasteiger partial charge on any atom is 0.253 e. The van der Waals surface area contributed by atoms with Gasteiger partial charge in [0.25, 0.3) is 5.91 Å². The van der Waals surface area contributed by atoms with Crippen molar-refractivity contribution in [2.75, 3.05) is 42.6 Å². The number of hydrogen-bond acceptors (Lipinski definition) is 6. The zero-order chi connectivity index (χ0) is 32.4. The van der Waals surface area contributed by atoms with Crippen molar-refractivity contribution >= 4 is 39.9 Å². The molecule has 1 N–H and O–H groups in total. The first-order valence-electron chi connectivity index (χ1n) is 16.0. The second-order valence-corrected chi connectivity index (χ2v) is 12.1. The molecule has 3 aromatic carbocycles. The number of amides is 3. The van der Waals surface area contributed by atoms with Crippen molar-refractivity contribution in [3.8, 4) is 5.75 Å². The second-order valence-electron chi connectivity index (χ2n) is 12.1. The second kappa shape index (κ2) is 13.1. The highest BCUT2D eigenvalue weighted by molar-refractivity contribution is 6.07. The van der Waals surface area contributed by atoms with Gasteiger partial charge in [-0.05, 0) is 73.4 Å². The summed E-state index contributed by atoms with van der Waals surface area (Å²) < 4.78 is 12.3. The molecule has 3 heterocycles. The van der Waals surface area contributed by atoms with Crippen LogP contribution in [0.5, 0.6) is 5.75 Å². The van der Waals surface area contributed by atoms with E-state index in [2.05, 4.69) is 13.2 Å². The Morgan fingerprint density at radius 3 is 2.35 bits per heavy atom. The van der Waals surface area contributed by atoms with E-state index in [-0.39, 0.29) is 44.0 Å². The number of benzene rings is 3. The van der Waals surface area contributed by atoms with Gasteiger partial charge in [-0.3, -0.25) is 14.4 Å². The molecule has 3 aromatic rings. The minimum Gasteiger partial charge on any atom is -0.494 e. The molecule has 0 aliphatic carbocycles. The zero-order valence-electron chi connectivity index (χ0n) is 26.2. The van der Waals surface area contributed by atoms with Crippen LogP contribution in [0.1, 0.15) is 26.2 Å². The van der Waals surface area contributed by atoms with Crippen molar-refractivity contribution in [1.29, 1.82) is 0 Å². The van der Waals surface area contributed by atoms with Crippen LogP contribution in [0.25, 0.3) is 10.8 Å². The molecule has 3 saturated heterocycles. The van der Waals surface area contributed by atoms with Crippen LogP contribution in [-0.4, -0.2) is 78.3 Å². The lowest BCUT2D eigenvalue weighted by Crippen LogP contribution is -2.56. The van der Waals surface area contributed by atoms with Crippen LogP contribution in [0.3, 0.4) is 0 Å². The molecule has 5 atom stereocenters. The molecule has 240 valence electrons. The first-order valence-corrected chi connectivity index (χ1v) is 16.0. The number of carbonyl (C=O) groups is 3. The van der Waals surface area contributed by atoms with Crippen molar-refractivity contribution in [3.05, 3.63) is 92.0 Å². The molecule has 6 rings (SSSR count). The molecular formula is C37H41N3O6. The van der Waals surface area contributed by atoms with Gasteiger partial charge in [0.15, 0.2) is 0 Å². The lowest BCUT2D eigenvalue weighted by molar-refractivity contribution is -0.141. The van der Waals surface area contributed by atoms with Gasteiger partial charge >= 0.3 is 0 Å². The predicted octanol–water partition coefficient (Wildman–Crippen LogP) is 4.73. The number of likely N-dealkylation sites (tertiary alicyclic amines) is 1. The highest BCUT2D eigenvalue weighted by atomic mass is 16.5. The van der Waals surface area contributed by atoms with Crippen LogP contribution in [0.4, 0.5) is 11.4 Å². The monoisotopic (exact) mass is 623 g/mol. The molecule has 9 heteroatoms. The number of aliphatic hydroxyl groups excluding tert-OH is 1. The van der Waals surface area contributed by atoms with Crippen molar-refractivity contribution in [1.82, 2.24) is 4.90 Å². The number of anilines is 2.